The Hall–Kier alpha value is -2.56. The molecule has 0 aliphatic heterocycles. The topological polar surface area (TPSA) is 25.8 Å². The van der Waals surface area contributed by atoms with Gasteiger partial charge in [0.05, 0.1) is 11.4 Å². The monoisotopic (exact) mass is 452 g/mol. The van der Waals surface area contributed by atoms with Crippen LogP contribution in [0.25, 0.3) is 11.4 Å². The lowest BCUT2D eigenvalue weighted by Crippen LogP contribution is -1.99. The Morgan fingerprint density at radius 3 is 1.41 bits per heavy atom. The first-order valence-electron chi connectivity index (χ1n) is 11.4. The van der Waals surface area contributed by atoms with Crippen LogP contribution in [0.2, 0.25) is 0 Å². The highest BCUT2D eigenvalue weighted by Crippen LogP contribution is 2.40. The van der Waals surface area contributed by atoms with Gasteiger partial charge in [0, 0.05) is 9.79 Å². The number of hydrogen-bond donors (Lipinski definition) is 0. The number of rotatable bonds is 5. The van der Waals surface area contributed by atoms with E-state index < -0.39 is 0 Å². The molecule has 0 spiro atoms. The molecule has 2 nitrogen and oxygen atoms in total. The van der Waals surface area contributed by atoms with E-state index in [1.54, 1.807) is 23.5 Å². The van der Waals surface area contributed by atoms with Crippen LogP contribution in [0.15, 0.2) is 92.6 Å². The van der Waals surface area contributed by atoms with Gasteiger partial charge in [0.25, 0.3) is 0 Å². The molecule has 4 heteroatoms. The van der Waals surface area contributed by atoms with Gasteiger partial charge < -0.3 is 0 Å². The van der Waals surface area contributed by atoms with Crippen molar-refractivity contribution in [2.24, 2.45) is 0 Å². The summed E-state index contributed by atoms with van der Waals surface area (Å²) in [7, 11) is 0. The first kappa shape index (κ1) is 20.1. The first-order chi connectivity index (χ1) is 15.8. The van der Waals surface area contributed by atoms with Crippen molar-refractivity contribution in [2.45, 2.75) is 58.4 Å². The van der Waals surface area contributed by atoms with E-state index in [-0.39, 0.29) is 0 Å². The molecule has 2 aliphatic carbocycles. The molecule has 2 heterocycles. The molecule has 158 valence electrons. The Morgan fingerprint density at radius 2 is 0.969 bits per heavy atom. The van der Waals surface area contributed by atoms with Crippen LogP contribution in [-0.2, 0) is 25.7 Å². The smallest absolute Gasteiger partial charge is 0.105 e. The van der Waals surface area contributed by atoms with Gasteiger partial charge in [0.1, 0.15) is 10.1 Å². The summed E-state index contributed by atoms with van der Waals surface area (Å²) in [4.78, 5) is 12.8. The molecule has 0 fully saturated rings. The van der Waals surface area contributed by atoms with Crippen molar-refractivity contribution < 1.29 is 0 Å². The minimum absolute atomic E-state index is 1.02. The molecule has 0 saturated heterocycles. The lowest BCUT2D eigenvalue weighted by molar-refractivity contribution is 0.898. The SMILES string of the molecule is c1ccc(Sc2nc(-c3cc4c(c(Sc5ccccc5)n3)CCC4)cc3c2CCC3)cc1. The molecule has 4 aromatic rings. The zero-order valence-corrected chi connectivity index (χ0v) is 19.5. The second-order valence-electron chi connectivity index (χ2n) is 8.44. The van der Waals surface area contributed by atoms with Crippen molar-refractivity contribution in [3.8, 4) is 11.4 Å². The second-order valence-corrected chi connectivity index (χ2v) is 10.6. The van der Waals surface area contributed by atoms with E-state index in [1.165, 1.54) is 44.9 Å². The van der Waals surface area contributed by atoms with Crippen molar-refractivity contribution in [3.05, 3.63) is 95.1 Å². The predicted octanol–water partition coefficient (Wildman–Crippen LogP) is 7.42. The van der Waals surface area contributed by atoms with Gasteiger partial charge in [-0.2, -0.15) is 0 Å². The molecule has 2 aromatic heterocycles. The van der Waals surface area contributed by atoms with Crippen LogP contribution >= 0.6 is 23.5 Å². The zero-order valence-electron chi connectivity index (χ0n) is 17.9. The van der Waals surface area contributed by atoms with Crippen LogP contribution in [0.4, 0.5) is 0 Å². The summed E-state index contributed by atoms with van der Waals surface area (Å²) >= 11 is 3.58. The molecular weight excluding hydrogens is 428 g/mol. The van der Waals surface area contributed by atoms with Gasteiger partial charge in [-0.3, -0.25) is 0 Å². The lowest BCUT2D eigenvalue weighted by atomic mass is 10.1. The Balaban J connectivity index is 1.43. The van der Waals surface area contributed by atoms with E-state index in [4.69, 9.17) is 9.97 Å². The molecule has 0 radical (unpaired) electrons. The average molecular weight is 453 g/mol. The minimum Gasteiger partial charge on any atom is -0.239 e. The van der Waals surface area contributed by atoms with Gasteiger partial charge in [-0.25, -0.2) is 9.97 Å². The molecule has 0 bridgehead atoms. The van der Waals surface area contributed by atoms with Crippen molar-refractivity contribution in [3.63, 3.8) is 0 Å². The van der Waals surface area contributed by atoms with E-state index in [0.717, 1.165) is 47.1 Å². The Bertz CT molecular complexity index is 1170. The Labute approximate surface area is 197 Å². The number of hydrogen-bond acceptors (Lipinski definition) is 4. The van der Waals surface area contributed by atoms with Gasteiger partial charge in [0.2, 0.25) is 0 Å². The summed E-state index contributed by atoms with van der Waals surface area (Å²) in [5.74, 6) is 0. The summed E-state index contributed by atoms with van der Waals surface area (Å²) in [5, 5.41) is 2.31. The molecule has 0 atom stereocenters. The first-order valence-corrected chi connectivity index (χ1v) is 13.0. The third-order valence-electron chi connectivity index (χ3n) is 6.28. The molecule has 0 amide bonds. The summed E-state index contributed by atoms with van der Waals surface area (Å²) in [6.07, 6.45) is 6.98. The van der Waals surface area contributed by atoms with E-state index in [9.17, 15) is 0 Å². The fourth-order valence-electron chi connectivity index (χ4n) is 4.72. The molecule has 0 unspecified atom stereocenters. The Kier molecular flexibility index (Phi) is 5.50. The highest BCUT2D eigenvalue weighted by Gasteiger charge is 2.23. The number of pyridine rings is 2. The van der Waals surface area contributed by atoms with Gasteiger partial charge in [0.15, 0.2) is 0 Å². The summed E-state index contributed by atoms with van der Waals surface area (Å²) in [6.45, 7) is 0. The summed E-state index contributed by atoms with van der Waals surface area (Å²) in [5.41, 5.74) is 7.81. The molecular formula is C28H24N2S2. The van der Waals surface area contributed by atoms with E-state index in [2.05, 4.69) is 72.8 Å². The quantitative estimate of drug-likeness (QED) is 0.315. The number of aryl methyl sites for hydroxylation is 2. The van der Waals surface area contributed by atoms with E-state index >= 15 is 0 Å². The minimum atomic E-state index is 1.02. The third-order valence-corrected chi connectivity index (χ3v) is 8.36. The Morgan fingerprint density at radius 1 is 0.531 bits per heavy atom. The largest absolute Gasteiger partial charge is 0.239 e. The molecule has 32 heavy (non-hydrogen) atoms. The number of nitrogens with zero attached hydrogens (tertiary/aromatic N) is 2. The molecule has 6 rings (SSSR count). The summed E-state index contributed by atoms with van der Waals surface area (Å²) < 4.78 is 0. The van der Waals surface area contributed by atoms with Crippen LogP contribution in [0, 0.1) is 0 Å². The third kappa shape index (κ3) is 3.98. The van der Waals surface area contributed by atoms with Crippen molar-refractivity contribution in [2.75, 3.05) is 0 Å². The summed E-state index contributed by atoms with van der Waals surface area (Å²) in [6, 6.07) is 25.8. The van der Waals surface area contributed by atoms with Gasteiger partial charge >= 0.3 is 0 Å². The highest BCUT2D eigenvalue weighted by atomic mass is 32.2. The highest BCUT2D eigenvalue weighted by molar-refractivity contribution is 7.99. The fourth-order valence-corrected chi connectivity index (χ4v) is 6.75. The molecule has 2 aromatic carbocycles. The van der Waals surface area contributed by atoms with Crippen molar-refractivity contribution in [1.82, 2.24) is 9.97 Å². The standard InChI is InChI=1S/C28H24N2S2/c1-3-11-21(12-4-1)31-27-23-15-7-9-19(23)17-25(29-27)26-18-20-10-8-16-24(20)28(30-26)32-22-13-5-2-6-14-22/h1-6,11-14,17-18H,7-10,15-16H2. The van der Waals surface area contributed by atoms with Crippen LogP contribution in [0.5, 0.6) is 0 Å². The normalized spacial score (nSPS) is 14.4. The average Bonchev–Trinajstić information content (AvgIpc) is 3.50. The lowest BCUT2D eigenvalue weighted by Gasteiger charge is -2.14. The number of benzene rings is 2. The molecule has 0 saturated carbocycles. The van der Waals surface area contributed by atoms with Gasteiger partial charge in [-0.05, 0) is 97.2 Å². The maximum absolute atomic E-state index is 5.17. The second kappa shape index (κ2) is 8.76. The maximum atomic E-state index is 5.17. The van der Waals surface area contributed by atoms with Crippen molar-refractivity contribution in [1.29, 1.82) is 0 Å². The molecule has 2 aliphatic rings. The van der Waals surface area contributed by atoms with Crippen LogP contribution in [0.3, 0.4) is 0 Å². The number of fused-ring (bicyclic) bond motifs is 2. The van der Waals surface area contributed by atoms with Crippen LogP contribution in [0.1, 0.15) is 35.1 Å². The van der Waals surface area contributed by atoms with Crippen LogP contribution in [-0.4, -0.2) is 9.97 Å². The van der Waals surface area contributed by atoms with Gasteiger partial charge in [-0.1, -0.05) is 59.9 Å². The van der Waals surface area contributed by atoms with Crippen molar-refractivity contribution >= 4 is 23.5 Å². The van der Waals surface area contributed by atoms with Crippen LogP contribution < -0.4 is 0 Å². The fraction of sp³-hybridized carbons (Fsp3) is 0.214. The van der Waals surface area contributed by atoms with E-state index in [0.29, 0.717) is 0 Å². The van der Waals surface area contributed by atoms with E-state index in [1.807, 2.05) is 0 Å². The van der Waals surface area contributed by atoms with Gasteiger partial charge in [-0.15, -0.1) is 0 Å². The maximum Gasteiger partial charge on any atom is 0.105 e. The number of aromatic nitrogens is 2. The predicted molar refractivity (Wildman–Crippen MR) is 133 cm³/mol. The molecule has 0 N–H and O–H groups in total. The zero-order chi connectivity index (χ0) is 21.3.